The third-order valence-electron chi connectivity index (χ3n) is 7.62. The molecule has 220 valence electrons. The lowest BCUT2D eigenvalue weighted by atomic mass is 9.96. The first-order valence-electron chi connectivity index (χ1n) is 14.3. The molecule has 0 radical (unpaired) electrons. The minimum absolute atomic E-state index is 0.198. The first-order chi connectivity index (χ1) is 19.8. The Kier molecular flexibility index (Phi) is 10.9. The number of thiocarbonyl (C=S) groups is 1. The molecule has 41 heavy (non-hydrogen) atoms. The van der Waals surface area contributed by atoms with Crippen LogP contribution in [0.25, 0.3) is 11.7 Å². The fourth-order valence-corrected chi connectivity index (χ4v) is 6.56. The number of primary amides is 1. The number of aromatic nitrogens is 2. The van der Waals surface area contributed by atoms with Crippen LogP contribution in [0.3, 0.4) is 0 Å². The quantitative estimate of drug-likeness (QED) is 0.186. The van der Waals surface area contributed by atoms with E-state index in [4.69, 9.17) is 28.0 Å². The summed E-state index contributed by atoms with van der Waals surface area (Å²) in [6.45, 7) is 1.60. The van der Waals surface area contributed by atoms with Crippen molar-refractivity contribution in [2.24, 2.45) is 11.7 Å². The fraction of sp³-hybridized carbons (Fsp3) is 0.517. The summed E-state index contributed by atoms with van der Waals surface area (Å²) in [5.74, 6) is -0.949. The van der Waals surface area contributed by atoms with Crippen LogP contribution in [-0.2, 0) is 14.4 Å². The van der Waals surface area contributed by atoms with Crippen LogP contribution in [0.2, 0.25) is 0 Å². The van der Waals surface area contributed by atoms with Gasteiger partial charge in [0.05, 0.1) is 10.5 Å². The SMILES string of the molecule is NC(=O)C1CCN(c2nc3ccccn3c(=O)c2/C=C2/SC(=S)N(CCCCCCCCCCC(=O)O)C2=O)CC1. The Morgan fingerprint density at radius 2 is 1.71 bits per heavy atom. The van der Waals surface area contributed by atoms with E-state index in [9.17, 15) is 19.2 Å². The minimum atomic E-state index is -0.737. The maximum Gasteiger partial charge on any atom is 0.303 e. The van der Waals surface area contributed by atoms with Crippen LogP contribution in [0.4, 0.5) is 5.82 Å². The number of nitrogens with zero attached hydrogens (tertiary/aromatic N) is 4. The van der Waals surface area contributed by atoms with Crippen molar-refractivity contribution < 1.29 is 19.5 Å². The Balaban J connectivity index is 1.40. The molecule has 0 atom stereocenters. The third-order valence-corrected chi connectivity index (χ3v) is 8.99. The summed E-state index contributed by atoms with van der Waals surface area (Å²) in [5.41, 5.74) is 6.08. The molecule has 0 aliphatic carbocycles. The highest BCUT2D eigenvalue weighted by Gasteiger charge is 2.33. The standard InChI is InChI=1S/C29H37N5O5S2/c30-25(37)20-13-17-32(18-14-20)26-21(27(38)33-15-10-8-11-23(33)31-26)19-22-28(39)34(29(40)41-22)16-9-6-4-2-1-3-5-7-12-24(35)36/h8,10-11,15,19-20H,1-7,9,12-14,16-18H2,(H2,30,37)(H,35,36)/b22-19+. The predicted molar refractivity (Wildman–Crippen MR) is 165 cm³/mol. The number of hydrogen-bond acceptors (Lipinski definition) is 8. The summed E-state index contributed by atoms with van der Waals surface area (Å²) in [5, 5.41) is 8.70. The second kappa shape index (κ2) is 14.6. The van der Waals surface area contributed by atoms with Gasteiger partial charge in [-0.2, -0.15) is 0 Å². The van der Waals surface area contributed by atoms with Crippen molar-refractivity contribution in [1.29, 1.82) is 0 Å². The number of carboxylic acid groups (broad SMARTS) is 1. The number of carboxylic acids is 1. The van der Waals surface area contributed by atoms with E-state index >= 15 is 0 Å². The number of carbonyl (C=O) groups excluding carboxylic acids is 2. The molecule has 2 aliphatic rings. The molecule has 2 saturated heterocycles. The second-order valence-electron chi connectivity index (χ2n) is 10.6. The van der Waals surface area contributed by atoms with E-state index in [0.29, 0.717) is 58.7 Å². The maximum atomic E-state index is 13.6. The molecule has 2 aromatic heterocycles. The predicted octanol–water partition coefficient (Wildman–Crippen LogP) is 4.19. The normalized spacial score (nSPS) is 17.2. The Labute approximate surface area is 249 Å². The number of thioether (sulfide) groups is 1. The molecule has 0 unspecified atom stereocenters. The van der Waals surface area contributed by atoms with Crippen molar-refractivity contribution in [2.75, 3.05) is 24.5 Å². The highest BCUT2D eigenvalue weighted by atomic mass is 32.2. The van der Waals surface area contributed by atoms with E-state index in [-0.39, 0.29) is 29.7 Å². The molecule has 0 saturated carbocycles. The van der Waals surface area contributed by atoms with Crippen LogP contribution in [0.15, 0.2) is 34.1 Å². The maximum absolute atomic E-state index is 13.6. The molecule has 2 amide bonds. The zero-order valence-corrected chi connectivity index (χ0v) is 24.8. The average molecular weight is 600 g/mol. The topological polar surface area (TPSA) is 138 Å². The number of unbranched alkanes of at least 4 members (excludes halogenated alkanes) is 7. The van der Waals surface area contributed by atoms with E-state index in [1.54, 1.807) is 29.3 Å². The van der Waals surface area contributed by atoms with Crippen LogP contribution in [-0.4, -0.2) is 61.1 Å². The van der Waals surface area contributed by atoms with E-state index in [1.165, 1.54) is 16.2 Å². The Bertz CT molecular complexity index is 1380. The lowest BCUT2D eigenvalue weighted by Gasteiger charge is -2.32. The number of anilines is 1. The molecule has 2 aliphatic heterocycles. The van der Waals surface area contributed by atoms with Crippen molar-refractivity contribution in [1.82, 2.24) is 14.3 Å². The Hall–Kier alpha value is -3.25. The van der Waals surface area contributed by atoms with Gasteiger partial charge in [-0.15, -0.1) is 0 Å². The number of fused-ring (bicyclic) bond motifs is 1. The van der Waals surface area contributed by atoms with Crippen molar-refractivity contribution in [3.05, 3.63) is 45.2 Å². The summed E-state index contributed by atoms with van der Waals surface area (Å²) < 4.78 is 1.95. The molecule has 12 heteroatoms. The van der Waals surface area contributed by atoms with Crippen LogP contribution < -0.4 is 16.2 Å². The number of rotatable bonds is 14. The van der Waals surface area contributed by atoms with Gasteiger partial charge in [0.2, 0.25) is 5.91 Å². The van der Waals surface area contributed by atoms with Gasteiger partial charge in [-0.05, 0) is 43.9 Å². The van der Waals surface area contributed by atoms with Crippen LogP contribution in [0.1, 0.15) is 76.2 Å². The molecule has 0 aromatic carbocycles. The van der Waals surface area contributed by atoms with Crippen LogP contribution >= 0.6 is 24.0 Å². The number of carbonyl (C=O) groups is 3. The van der Waals surface area contributed by atoms with Crippen molar-refractivity contribution in [3.8, 4) is 0 Å². The van der Waals surface area contributed by atoms with Gasteiger partial charge in [-0.3, -0.25) is 28.5 Å². The molecule has 2 fully saturated rings. The van der Waals surface area contributed by atoms with Gasteiger partial charge in [-0.25, -0.2) is 4.98 Å². The number of amides is 2. The second-order valence-corrected chi connectivity index (χ2v) is 12.2. The summed E-state index contributed by atoms with van der Waals surface area (Å²) in [6, 6.07) is 5.35. The van der Waals surface area contributed by atoms with Crippen LogP contribution in [0.5, 0.6) is 0 Å². The summed E-state index contributed by atoms with van der Waals surface area (Å²) in [4.78, 5) is 57.9. The van der Waals surface area contributed by atoms with Crippen molar-refractivity contribution >= 4 is 63.6 Å². The summed E-state index contributed by atoms with van der Waals surface area (Å²) >= 11 is 6.73. The minimum Gasteiger partial charge on any atom is -0.481 e. The lowest BCUT2D eigenvalue weighted by Crippen LogP contribution is -2.40. The zero-order chi connectivity index (χ0) is 29.4. The van der Waals surface area contributed by atoms with Gasteiger partial charge in [0.1, 0.15) is 15.8 Å². The van der Waals surface area contributed by atoms with Gasteiger partial charge in [0, 0.05) is 38.2 Å². The molecule has 0 bridgehead atoms. The summed E-state index contributed by atoms with van der Waals surface area (Å²) in [7, 11) is 0. The number of pyridine rings is 1. The highest BCUT2D eigenvalue weighted by molar-refractivity contribution is 8.26. The highest BCUT2D eigenvalue weighted by Crippen LogP contribution is 2.34. The molecule has 10 nitrogen and oxygen atoms in total. The van der Waals surface area contributed by atoms with Crippen LogP contribution in [0, 0.1) is 5.92 Å². The first kappa shape index (κ1) is 30.7. The van der Waals surface area contributed by atoms with E-state index in [2.05, 4.69) is 0 Å². The number of nitrogens with two attached hydrogens (primary N) is 1. The number of hydrogen-bond donors (Lipinski definition) is 2. The van der Waals surface area contributed by atoms with Gasteiger partial charge in [0.15, 0.2) is 0 Å². The summed E-state index contributed by atoms with van der Waals surface area (Å²) in [6.07, 6.45) is 12.4. The molecule has 4 heterocycles. The number of piperidine rings is 1. The van der Waals surface area contributed by atoms with E-state index in [0.717, 1.165) is 51.4 Å². The smallest absolute Gasteiger partial charge is 0.303 e. The zero-order valence-electron chi connectivity index (χ0n) is 23.1. The van der Waals surface area contributed by atoms with Crippen molar-refractivity contribution in [2.45, 2.75) is 70.6 Å². The lowest BCUT2D eigenvalue weighted by molar-refractivity contribution is -0.137. The molecular formula is C29H37N5O5S2. The van der Waals surface area contributed by atoms with Gasteiger partial charge < -0.3 is 15.7 Å². The van der Waals surface area contributed by atoms with Crippen molar-refractivity contribution in [3.63, 3.8) is 0 Å². The largest absolute Gasteiger partial charge is 0.481 e. The third kappa shape index (κ3) is 7.94. The van der Waals surface area contributed by atoms with Gasteiger partial charge >= 0.3 is 5.97 Å². The molecular weight excluding hydrogens is 562 g/mol. The monoisotopic (exact) mass is 599 g/mol. The fourth-order valence-electron chi connectivity index (χ4n) is 5.26. The molecule has 3 N–H and O–H groups in total. The molecule has 2 aromatic rings. The van der Waals surface area contributed by atoms with E-state index in [1.807, 2.05) is 11.0 Å². The number of aliphatic carboxylic acids is 1. The Morgan fingerprint density at radius 1 is 1.05 bits per heavy atom. The van der Waals surface area contributed by atoms with E-state index < -0.39 is 5.97 Å². The molecule has 4 rings (SSSR count). The van der Waals surface area contributed by atoms with Gasteiger partial charge in [-0.1, -0.05) is 68.6 Å². The first-order valence-corrected chi connectivity index (χ1v) is 15.5. The Morgan fingerprint density at radius 3 is 2.37 bits per heavy atom. The average Bonchev–Trinajstić information content (AvgIpc) is 3.22. The molecule has 0 spiro atoms. The van der Waals surface area contributed by atoms with Gasteiger partial charge in [0.25, 0.3) is 11.5 Å².